The summed E-state index contributed by atoms with van der Waals surface area (Å²) in [7, 11) is 3.13. The van der Waals surface area contributed by atoms with Gasteiger partial charge in [0.1, 0.15) is 17.3 Å². The van der Waals surface area contributed by atoms with Crippen molar-refractivity contribution in [2.24, 2.45) is 5.84 Å². The Hall–Kier alpha value is -2.11. The van der Waals surface area contributed by atoms with E-state index >= 15 is 0 Å². The van der Waals surface area contributed by atoms with Gasteiger partial charge in [-0.2, -0.15) is 0 Å². The Bertz CT molecular complexity index is 609. The average Bonchev–Trinajstić information content (AvgIpc) is 2.49. The fourth-order valence-electron chi connectivity index (χ4n) is 2.23. The number of halogens is 1. The fourth-order valence-corrected chi connectivity index (χ4v) is 2.23. The summed E-state index contributed by atoms with van der Waals surface area (Å²) in [5.41, 5.74) is 4.73. The minimum atomic E-state index is -0.491. The van der Waals surface area contributed by atoms with Gasteiger partial charge in [0.15, 0.2) is 0 Å². The Morgan fingerprint density at radius 2 is 1.67 bits per heavy atom. The number of hydrogen-bond donors (Lipinski definition) is 2. The zero-order valence-electron chi connectivity index (χ0n) is 12.3. The van der Waals surface area contributed by atoms with Crippen molar-refractivity contribution in [1.29, 1.82) is 0 Å². The van der Waals surface area contributed by atoms with Crippen molar-refractivity contribution in [3.8, 4) is 11.5 Å². The van der Waals surface area contributed by atoms with Gasteiger partial charge in [0.2, 0.25) is 0 Å². The molecule has 0 aliphatic rings. The summed E-state index contributed by atoms with van der Waals surface area (Å²) >= 11 is 0. The van der Waals surface area contributed by atoms with Gasteiger partial charge >= 0.3 is 0 Å². The van der Waals surface area contributed by atoms with E-state index in [9.17, 15) is 4.39 Å². The van der Waals surface area contributed by atoms with Crippen LogP contribution in [0.15, 0.2) is 36.4 Å². The number of aryl methyl sites for hydroxylation is 1. The van der Waals surface area contributed by atoms with Gasteiger partial charge in [0, 0.05) is 11.6 Å². The molecular weight excluding hydrogens is 271 g/mol. The van der Waals surface area contributed by atoms with Crippen molar-refractivity contribution in [3.63, 3.8) is 0 Å². The van der Waals surface area contributed by atoms with Gasteiger partial charge in [0.05, 0.1) is 20.3 Å². The van der Waals surface area contributed by atoms with Crippen LogP contribution in [0.1, 0.15) is 22.7 Å². The summed E-state index contributed by atoms with van der Waals surface area (Å²) < 4.78 is 24.6. The third-order valence-corrected chi connectivity index (χ3v) is 3.34. The smallest absolute Gasteiger partial charge is 0.128 e. The Balaban J connectivity index is 2.50. The Morgan fingerprint density at radius 1 is 1.05 bits per heavy atom. The molecule has 0 fully saturated rings. The van der Waals surface area contributed by atoms with Crippen LogP contribution in [0.2, 0.25) is 0 Å². The van der Waals surface area contributed by atoms with Crippen LogP contribution in [0.5, 0.6) is 11.5 Å². The number of nitrogens with two attached hydrogens (primary N) is 1. The van der Waals surface area contributed by atoms with Crippen LogP contribution in [-0.2, 0) is 0 Å². The molecule has 0 spiro atoms. The average molecular weight is 290 g/mol. The second-order valence-electron chi connectivity index (χ2n) is 4.77. The summed E-state index contributed by atoms with van der Waals surface area (Å²) in [5.74, 6) is 6.57. The zero-order valence-corrected chi connectivity index (χ0v) is 12.3. The van der Waals surface area contributed by atoms with E-state index in [1.807, 2.05) is 13.0 Å². The van der Waals surface area contributed by atoms with E-state index in [0.29, 0.717) is 17.1 Å². The standard InChI is InChI=1S/C16H19FN2O2/c1-10-4-5-14(15(17)6-10)16(19-18)11-7-12(20-2)9-13(8-11)21-3/h4-9,16,19H,18H2,1-3H3. The molecule has 21 heavy (non-hydrogen) atoms. The maximum Gasteiger partial charge on any atom is 0.128 e. The van der Waals surface area contributed by atoms with E-state index in [-0.39, 0.29) is 5.82 Å². The molecule has 0 saturated carbocycles. The van der Waals surface area contributed by atoms with E-state index in [0.717, 1.165) is 11.1 Å². The van der Waals surface area contributed by atoms with Gasteiger partial charge in [-0.3, -0.25) is 5.84 Å². The molecule has 1 atom stereocenters. The van der Waals surface area contributed by atoms with Crippen LogP contribution in [0, 0.1) is 12.7 Å². The van der Waals surface area contributed by atoms with Crippen molar-refractivity contribution >= 4 is 0 Å². The minimum absolute atomic E-state index is 0.306. The SMILES string of the molecule is COc1cc(OC)cc(C(NN)c2ccc(C)cc2F)c1. The zero-order chi connectivity index (χ0) is 15.4. The maximum absolute atomic E-state index is 14.2. The minimum Gasteiger partial charge on any atom is -0.497 e. The molecule has 0 aliphatic carbocycles. The van der Waals surface area contributed by atoms with E-state index in [1.165, 1.54) is 6.07 Å². The summed E-state index contributed by atoms with van der Waals surface area (Å²) in [6, 6.07) is 9.91. The molecule has 3 N–H and O–H groups in total. The molecule has 1 unspecified atom stereocenters. The number of hydrazine groups is 1. The van der Waals surface area contributed by atoms with Crippen LogP contribution in [0.3, 0.4) is 0 Å². The molecule has 2 rings (SSSR count). The van der Waals surface area contributed by atoms with E-state index in [4.69, 9.17) is 15.3 Å². The Kier molecular flexibility index (Phi) is 4.77. The lowest BCUT2D eigenvalue weighted by Gasteiger charge is -2.19. The predicted octanol–water partition coefficient (Wildman–Crippen LogP) is 2.70. The molecule has 2 aromatic rings. The number of ether oxygens (including phenoxy) is 2. The summed E-state index contributed by atoms with van der Waals surface area (Å²) in [6.07, 6.45) is 0. The summed E-state index contributed by atoms with van der Waals surface area (Å²) in [6.45, 7) is 1.84. The van der Waals surface area contributed by atoms with Gasteiger partial charge in [-0.15, -0.1) is 0 Å². The fraction of sp³-hybridized carbons (Fsp3) is 0.250. The number of nitrogens with one attached hydrogen (secondary N) is 1. The normalized spacial score (nSPS) is 12.0. The molecule has 0 aromatic heterocycles. The van der Waals surface area contributed by atoms with E-state index < -0.39 is 6.04 Å². The highest BCUT2D eigenvalue weighted by Crippen LogP contribution is 2.30. The first-order valence-corrected chi connectivity index (χ1v) is 6.54. The Labute approximate surface area is 123 Å². The first kappa shape index (κ1) is 15.3. The van der Waals surface area contributed by atoms with Gasteiger partial charge in [0.25, 0.3) is 0 Å². The van der Waals surface area contributed by atoms with Crippen LogP contribution in [0.25, 0.3) is 0 Å². The third kappa shape index (κ3) is 3.32. The number of methoxy groups -OCH3 is 2. The summed E-state index contributed by atoms with van der Waals surface area (Å²) in [4.78, 5) is 0. The first-order chi connectivity index (χ1) is 10.1. The van der Waals surface area contributed by atoms with Crippen LogP contribution < -0.4 is 20.7 Å². The molecule has 5 heteroatoms. The maximum atomic E-state index is 14.2. The quantitative estimate of drug-likeness (QED) is 0.656. The van der Waals surface area contributed by atoms with Crippen molar-refractivity contribution in [2.45, 2.75) is 13.0 Å². The number of benzene rings is 2. The highest BCUT2D eigenvalue weighted by molar-refractivity contribution is 5.43. The van der Waals surface area contributed by atoms with Gasteiger partial charge < -0.3 is 9.47 Å². The van der Waals surface area contributed by atoms with E-state index in [2.05, 4.69) is 5.43 Å². The molecule has 2 aromatic carbocycles. The topological polar surface area (TPSA) is 56.5 Å². The molecule has 0 radical (unpaired) electrons. The second kappa shape index (κ2) is 6.56. The van der Waals surface area contributed by atoms with Gasteiger partial charge in [-0.05, 0) is 36.2 Å². The molecule has 0 saturated heterocycles. The molecule has 112 valence electrons. The van der Waals surface area contributed by atoms with Crippen molar-refractivity contribution < 1.29 is 13.9 Å². The van der Waals surface area contributed by atoms with Gasteiger partial charge in [-0.25, -0.2) is 9.82 Å². The van der Waals surface area contributed by atoms with Crippen molar-refractivity contribution in [1.82, 2.24) is 5.43 Å². The van der Waals surface area contributed by atoms with E-state index in [1.54, 1.807) is 38.5 Å². The second-order valence-corrected chi connectivity index (χ2v) is 4.77. The Morgan fingerprint density at radius 3 is 2.14 bits per heavy atom. The predicted molar refractivity (Wildman–Crippen MR) is 79.8 cm³/mol. The van der Waals surface area contributed by atoms with Crippen LogP contribution in [-0.4, -0.2) is 14.2 Å². The molecule has 0 heterocycles. The third-order valence-electron chi connectivity index (χ3n) is 3.34. The first-order valence-electron chi connectivity index (χ1n) is 6.54. The highest BCUT2D eigenvalue weighted by atomic mass is 19.1. The highest BCUT2D eigenvalue weighted by Gasteiger charge is 2.18. The van der Waals surface area contributed by atoms with Crippen LogP contribution >= 0.6 is 0 Å². The van der Waals surface area contributed by atoms with Gasteiger partial charge in [-0.1, -0.05) is 12.1 Å². The molecule has 0 bridgehead atoms. The molecule has 0 amide bonds. The lowest BCUT2D eigenvalue weighted by Crippen LogP contribution is -2.29. The van der Waals surface area contributed by atoms with Crippen LogP contribution in [0.4, 0.5) is 4.39 Å². The number of hydrogen-bond acceptors (Lipinski definition) is 4. The molecular formula is C16H19FN2O2. The summed E-state index contributed by atoms with van der Waals surface area (Å²) in [5, 5.41) is 0. The monoisotopic (exact) mass is 290 g/mol. The lowest BCUT2D eigenvalue weighted by molar-refractivity contribution is 0.392. The van der Waals surface area contributed by atoms with Crippen molar-refractivity contribution in [3.05, 3.63) is 58.9 Å². The lowest BCUT2D eigenvalue weighted by atomic mass is 9.97. The largest absolute Gasteiger partial charge is 0.497 e. The molecule has 4 nitrogen and oxygen atoms in total. The van der Waals surface area contributed by atoms with Crippen molar-refractivity contribution in [2.75, 3.05) is 14.2 Å². The molecule has 0 aliphatic heterocycles. The number of rotatable bonds is 5.